The SMILES string of the molecule is CCOC(=O)c1c(NC(=O)c2ccccc2Oc2ccccc2)sc2c1CC(C)(C)NC2(C)C. The first-order valence-electron chi connectivity index (χ1n) is 11.4. The molecule has 178 valence electrons. The van der Waals surface area contributed by atoms with Gasteiger partial charge in [0.2, 0.25) is 0 Å². The Labute approximate surface area is 204 Å². The number of nitrogens with one attached hydrogen (secondary N) is 2. The molecule has 34 heavy (non-hydrogen) atoms. The molecule has 0 radical (unpaired) electrons. The number of ether oxygens (including phenoxy) is 2. The van der Waals surface area contributed by atoms with Crippen LogP contribution in [0.2, 0.25) is 0 Å². The maximum Gasteiger partial charge on any atom is 0.341 e. The van der Waals surface area contributed by atoms with E-state index in [1.807, 2.05) is 36.4 Å². The van der Waals surface area contributed by atoms with Gasteiger partial charge in [-0.3, -0.25) is 4.79 Å². The zero-order valence-electron chi connectivity index (χ0n) is 20.2. The highest BCUT2D eigenvalue weighted by Crippen LogP contribution is 2.45. The van der Waals surface area contributed by atoms with Gasteiger partial charge in [-0.1, -0.05) is 30.3 Å². The van der Waals surface area contributed by atoms with Gasteiger partial charge in [-0.25, -0.2) is 4.79 Å². The summed E-state index contributed by atoms with van der Waals surface area (Å²) in [5.74, 6) is 0.309. The molecule has 0 atom stereocenters. The van der Waals surface area contributed by atoms with Crippen LogP contribution in [0.1, 0.15) is 65.8 Å². The minimum absolute atomic E-state index is 0.212. The summed E-state index contributed by atoms with van der Waals surface area (Å²) in [6.07, 6.45) is 0.653. The van der Waals surface area contributed by atoms with Crippen molar-refractivity contribution in [2.24, 2.45) is 0 Å². The van der Waals surface area contributed by atoms with E-state index in [4.69, 9.17) is 9.47 Å². The molecule has 0 unspecified atom stereocenters. The van der Waals surface area contributed by atoms with E-state index < -0.39 is 5.97 Å². The lowest BCUT2D eigenvalue weighted by molar-refractivity contribution is 0.0525. The molecular weight excluding hydrogens is 448 g/mol. The van der Waals surface area contributed by atoms with E-state index in [2.05, 4.69) is 38.3 Å². The summed E-state index contributed by atoms with van der Waals surface area (Å²) in [5.41, 5.74) is 1.18. The Bertz CT molecular complexity index is 1210. The standard InChI is InChI=1S/C27H30N2O4S/c1-6-32-25(31)21-19-16-26(2,3)29-27(4,5)22(19)34-24(21)28-23(30)18-14-10-11-15-20(18)33-17-12-8-7-9-13-17/h7-15,29H,6,16H2,1-5H3,(H,28,30). The lowest BCUT2D eigenvalue weighted by Crippen LogP contribution is -2.55. The minimum Gasteiger partial charge on any atom is -0.462 e. The van der Waals surface area contributed by atoms with E-state index >= 15 is 0 Å². The highest BCUT2D eigenvalue weighted by atomic mass is 32.1. The molecule has 1 aliphatic heterocycles. The summed E-state index contributed by atoms with van der Waals surface area (Å²) in [5, 5.41) is 7.13. The molecule has 0 saturated carbocycles. The number of carbonyl (C=O) groups is 2. The monoisotopic (exact) mass is 478 g/mol. The summed E-state index contributed by atoms with van der Waals surface area (Å²) in [7, 11) is 0. The first-order chi connectivity index (χ1) is 16.1. The fraction of sp³-hybridized carbons (Fsp3) is 0.333. The topological polar surface area (TPSA) is 76.7 Å². The Morgan fingerprint density at radius 1 is 1.03 bits per heavy atom. The smallest absolute Gasteiger partial charge is 0.341 e. The molecule has 1 aliphatic rings. The van der Waals surface area contributed by atoms with Crippen LogP contribution in [-0.4, -0.2) is 24.0 Å². The van der Waals surface area contributed by atoms with E-state index in [9.17, 15) is 9.59 Å². The van der Waals surface area contributed by atoms with Crippen molar-refractivity contribution in [1.82, 2.24) is 5.32 Å². The van der Waals surface area contributed by atoms with Gasteiger partial charge in [-0.2, -0.15) is 0 Å². The lowest BCUT2D eigenvalue weighted by atomic mass is 9.81. The van der Waals surface area contributed by atoms with Gasteiger partial charge in [0.05, 0.1) is 17.7 Å². The van der Waals surface area contributed by atoms with Crippen molar-refractivity contribution in [3.8, 4) is 11.5 Å². The molecule has 6 nitrogen and oxygen atoms in total. The van der Waals surface area contributed by atoms with Crippen molar-refractivity contribution in [2.75, 3.05) is 11.9 Å². The lowest BCUT2D eigenvalue weighted by Gasteiger charge is -2.42. The number of fused-ring (bicyclic) bond motifs is 1. The van der Waals surface area contributed by atoms with Crippen LogP contribution in [0.5, 0.6) is 11.5 Å². The zero-order chi connectivity index (χ0) is 24.5. The van der Waals surface area contributed by atoms with Crippen molar-refractivity contribution >= 4 is 28.2 Å². The molecule has 1 aromatic heterocycles. The van der Waals surface area contributed by atoms with Crippen molar-refractivity contribution in [2.45, 2.75) is 52.1 Å². The quantitative estimate of drug-likeness (QED) is 0.417. The van der Waals surface area contributed by atoms with E-state index in [0.717, 1.165) is 10.4 Å². The number of esters is 1. The Hall–Kier alpha value is -3.16. The third-order valence-electron chi connectivity index (χ3n) is 5.65. The Morgan fingerprint density at radius 2 is 1.71 bits per heavy atom. The number of hydrogen-bond donors (Lipinski definition) is 2. The van der Waals surface area contributed by atoms with Crippen molar-refractivity contribution in [3.05, 3.63) is 76.2 Å². The van der Waals surface area contributed by atoms with Crippen molar-refractivity contribution in [1.29, 1.82) is 0 Å². The number of para-hydroxylation sites is 2. The summed E-state index contributed by atoms with van der Waals surface area (Å²) < 4.78 is 11.4. The van der Waals surface area contributed by atoms with Crippen LogP contribution >= 0.6 is 11.3 Å². The fourth-order valence-corrected chi connectivity index (χ4v) is 5.82. The molecule has 0 aliphatic carbocycles. The van der Waals surface area contributed by atoms with Gasteiger partial charge in [-0.05, 0) is 70.9 Å². The van der Waals surface area contributed by atoms with Gasteiger partial charge < -0.3 is 20.1 Å². The molecule has 7 heteroatoms. The van der Waals surface area contributed by atoms with Gasteiger partial charge in [0.25, 0.3) is 5.91 Å². The van der Waals surface area contributed by atoms with Crippen LogP contribution in [0.25, 0.3) is 0 Å². The van der Waals surface area contributed by atoms with Crippen LogP contribution in [0.15, 0.2) is 54.6 Å². The van der Waals surface area contributed by atoms with Crippen molar-refractivity contribution in [3.63, 3.8) is 0 Å². The highest BCUT2D eigenvalue weighted by molar-refractivity contribution is 7.17. The van der Waals surface area contributed by atoms with Crippen LogP contribution in [-0.2, 0) is 16.7 Å². The molecule has 0 bridgehead atoms. The second-order valence-electron chi connectivity index (χ2n) is 9.51. The van der Waals surface area contributed by atoms with Crippen LogP contribution in [0, 0.1) is 0 Å². The molecule has 3 aromatic rings. The first kappa shape index (κ1) is 24.0. The number of benzene rings is 2. The van der Waals surface area contributed by atoms with E-state index in [1.54, 1.807) is 25.1 Å². The molecule has 4 rings (SSSR count). The second-order valence-corrected chi connectivity index (χ2v) is 10.5. The number of amides is 1. The molecular formula is C27H30N2O4S. The predicted octanol–water partition coefficient (Wildman–Crippen LogP) is 6.13. The highest BCUT2D eigenvalue weighted by Gasteiger charge is 2.42. The summed E-state index contributed by atoms with van der Waals surface area (Å²) in [6.45, 7) is 10.4. The molecule has 2 heterocycles. The average molecular weight is 479 g/mol. The number of hydrogen-bond acceptors (Lipinski definition) is 6. The van der Waals surface area contributed by atoms with Gasteiger partial charge in [0.15, 0.2) is 0 Å². The third-order valence-corrected chi connectivity index (χ3v) is 7.12. The second kappa shape index (κ2) is 9.24. The number of thiophene rings is 1. The summed E-state index contributed by atoms with van der Waals surface area (Å²) in [4.78, 5) is 27.5. The van der Waals surface area contributed by atoms with E-state index in [-0.39, 0.29) is 23.6 Å². The zero-order valence-corrected chi connectivity index (χ0v) is 21.0. The van der Waals surface area contributed by atoms with Gasteiger partial charge in [0.1, 0.15) is 16.5 Å². The molecule has 0 fully saturated rings. The Kier molecular flexibility index (Phi) is 6.51. The number of carbonyl (C=O) groups excluding carboxylic acids is 2. The molecule has 0 saturated heterocycles. The fourth-order valence-electron chi connectivity index (χ4n) is 4.56. The minimum atomic E-state index is -0.419. The third kappa shape index (κ3) is 4.86. The predicted molar refractivity (Wildman–Crippen MR) is 135 cm³/mol. The maximum absolute atomic E-state index is 13.4. The molecule has 2 aromatic carbocycles. The van der Waals surface area contributed by atoms with Gasteiger partial charge in [0, 0.05) is 16.0 Å². The maximum atomic E-state index is 13.4. The number of rotatable bonds is 6. The Morgan fingerprint density at radius 3 is 2.41 bits per heavy atom. The van der Waals surface area contributed by atoms with Gasteiger partial charge >= 0.3 is 5.97 Å². The number of anilines is 1. The summed E-state index contributed by atoms with van der Waals surface area (Å²) >= 11 is 1.42. The molecule has 0 spiro atoms. The molecule has 1 amide bonds. The average Bonchev–Trinajstić information content (AvgIpc) is 3.12. The van der Waals surface area contributed by atoms with Crippen molar-refractivity contribution < 1.29 is 19.1 Å². The van der Waals surface area contributed by atoms with E-state index in [0.29, 0.717) is 34.0 Å². The van der Waals surface area contributed by atoms with Crippen LogP contribution in [0.4, 0.5) is 5.00 Å². The van der Waals surface area contributed by atoms with Crippen LogP contribution < -0.4 is 15.4 Å². The first-order valence-corrected chi connectivity index (χ1v) is 12.2. The summed E-state index contributed by atoms with van der Waals surface area (Å²) in [6, 6.07) is 16.4. The van der Waals surface area contributed by atoms with Gasteiger partial charge in [-0.15, -0.1) is 11.3 Å². The normalized spacial score (nSPS) is 15.8. The Balaban J connectivity index is 1.72. The van der Waals surface area contributed by atoms with Crippen LogP contribution in [0.3, 0.4) is 0 Å². The van der Waals surface area contributed by atoms with E-state index in [1.165, 1.54) is 11.3 Å². The molecule has 2 N–H and O–H groups in total. The largest absolute Gasteiger partial charge is 0.462 e.